The molecule has 0 aliphatic heterocycles. The SMILES string of the molecule is [C-]#[N+]c1cccc(-n2c3ccccc3c3c2ccc2c4ccccc4n(-c4ccc(-c5nc(-c6ccccc6)nc(-c6ccccc6)n5)cc4)c23)c1. The predicted molar refractivity (Wildman–Crippen MR) is 211 cm³/mol. The van der Waals surface area contributed by atoms with Crippen LogP contribution in [-0.4, -0.2) is 24.1 Å². The molecule has 7 aromatic carbocycles. The van der Waals surface area contributed by atoms with Crippen molar-refractivity contribution in [2.75, 3.05) is 0 Å². The van der Waals surface area contributed by atoms with Gasteiger partial charge in [-0.3, -0.25) is 0 Å². The van der Waals surface area contributed by atoms with Crippen molar-refractivity contribution in [3.8, 4) is 45.5 Å². The van der Waals surface area contributed by atoms with Gasteiger partial charge in [-0.15, -0.1) is 0 Å². The average molecular weight is 665 g/mol. The van der Waals surface area contributed by atoms with Gasteiger partial charge in [-0.25, -0.2) is 19.8 Å². The maximum absolute atomic E-state index is 7.66. The molecule has 0 saturated carbocycles. The van der Waals surface area contributed by atoms with Gasteiger partial charge in [-0.2, -0.15) is 0 Å². The number of rotatable bonds is 5. The molecule has 0 atom stereocenters. The monoisotopic (exact) mass is 664 g/mol. The molecule has 0 radical (unpaired) electrons. The van der Waals surface area contributed by atoms with Crippen LogP contribution in [0.3, 0.4) is 0 Å². The molecule has 10 aromatic rings. The zero-order valence-corrected chi connectivity index (χ0v) is 27.8. The van der Waals surface area contributed by atoms with Crippen LogP contribution in [0.5, 0.6) is 0 Å². The third-order valence-electron chi connectivity index (χ3n) is 9.77. The third-order valence-corrected chi connectivity index (χ3v) is 9.77. The summed E-state index contributed by atoms with van der Waals surface area (Å²) in [7, 11) is 0. The molecule has 52 heavy (non-hydrogen) atoms. The molecule has 0 aliphatic rings. The molecule has 0 spiro atoms. The van der Waals surface area contributed by atoms with Gasteiger partial charge in [-0.1, -0.05) is 115 Å². The summed E-state index contributed by atoms with van der Waals surface area (Å²) in [5.41, 5.74) is 9.85. The lowest BCUT2D eigenvalue weighted by Crippen LogP contribution is -2.00. The molecule has 0 fully saturated rings. The van der Waals surface area contributed by atoms with Crippen LogP contribution >= 0.6 is 0 Å². The topological polar surface area (TPSA) is 52.9 Å². The quantitative estimate of drug-likeness (QED) is 0.172. The highest BCUT2D eigenvalue weighted by Gasteiger charge is 2.21. The Balaban J connectivity index is 1.20. The fourth-order valence-electron chi connectivity index (χ4n) is 7.45. The number of aromatic nitrogens is 5. The van der Waals surface area contributed by atoms with Crippen LogP contribution in [0.4, 0.5) is 5.69 Å². The Morgan fingerprint density at radius 2 is 0.962 bits per heavy atom. The first kappa shape index (κ1) is 29.5. The summed E-state index contributed by atoms with van der Waals surface area (Å²) in [6, 6.07) is 58.1. The number of nitrogens with zero attached hydrogens (tertiary/aromatic N) is 6. The average Bonchev–Trinajstić information content (AvgIpc) is 3.74. The van der Waals surface area contributed by atoms with Crippen molar-refractivity contribution in [1.82, 2.24) is 24.1 Å². The van der Waals surface area contributed by atoms with Gasteiger partial charge in [-0.05, 0) is 54.6 Å². The van der Waals surface area contributed by atoms with Gasteiger partial charge in [0.2, 0.25) is 0 Å². The van der Waals surface area contributed by atoms with Crippen molar-refractivity contribution in [2.45, 2.75) is 0 Å². The first-order valence-electron chi connectivity index (χ1n) is 17.2. The minimum atomic E-state index is 0.615. The van der Waals surface area contributed by atoms with Crippen molar-refractivity contribution >= 4 is 49.3 Å². The normalized spacial score (nSPS) is 11.4. The molecule has 0 amide bonds. The van der Waals surface area contributed by atoms with Gasteiger partial charge < -0.3 is 9.13 Å². The van der Waals surface area contributed by atoms with E-state index in [-0.39, 0.29) is 0 Å². The molecule has 242 valence electrons. The first-order chi connectivity index (χ1) is 25.7. The van der Waals surface area contributed by atoms with E-state index < -0.39 is 0 Å². The first-order valence-corrected chi connectivity index (χ1v) is 17.2. The number of fused-ring (bicyclic) bond motifs is 7. The molecule has 0 bridgehead atoms. The van der Waals surface area contributed by atoms with Gasteiger partial charge in [0, 0.05) is 49.6 Å². The van der Waals surface area contributed by atoms with E-state index in [1.54, 1.807) is 0 Å². The van der Waals surface area contributed by atoms with E-state index in [0.29, 0.717) is 23.2 Å². The van der Waals surface area contributed by atoms with E-state index in [0.717, 1.165) is 55.5 Å². The van der Waals surface area contributed by atoms with Crippen molar-refractivity contribution < 1.29 is 0 Å². The molecule has 0 N–H and O–H groups in total. The standard InChI is InChI=1S/C46H28N6/c1-47-33-17-12-18-35(29-33)51-40-22-11-9-20-38(40)42-41(51)28-27-37-36-19-8-10-21-39(36)52(43(37)42)34-25-23-32(24-26-34)46-49-44(30-13-4-2-5-14-30)48-45(50-46)31-15-6-3-7-16-31/h2-29H. The van der Waals surface area contributed by atoms with Gasteiger partial charge in [0.05, 0.1) is 28.6 Å². The Morgan fingerprint density at radius 1 is 0.404 bits per heavy atom. The van der Waals surface area contributed by atoms with Crippen LogP contribution in [-0.2, 0) is 0 Å². The fourth-order valence-corrected chi connectivity index (χ4v) is 7.45. The number of hydrogen-bond donors (Lipinski definition) is 0. The van der Waals surface area contributed by atoms with Gasteiger partial charge in [0.1, 0.15) is 0 Å². The Hall–Kier alpha value is -7.36. The van der Waals surface area contributed by atoms with Crippen molar-refractivity contribution in [1.29, 1.82) is 0 Å². The Bertz CT molecular complexity index is 2950. The zero-order chi connectivity index (χ0) is 34.6. The minimum absolute atomic E-state index is 0.615. The molecule has 0 aliphatic carbocycles. The summed E-state index contributed by atoms with van der Waals surface area (Å²) >= 11 is 0. The van der Waals surface area contributed by atoms with Crippen molar-refractivity contribution in [2.24, 2.45) is 0 Å². The lowest BCUT2D eigenvalue weighted by atomic mass is 10.1. The van der Waals surface area contributed by atoms with E-state index >= 15 is 0 Å². The van der Waals surface area contributed by atoms with Crippen LogP contribution in [0.1, 0.15) is 0 Å². The molecule has 6 nitrogen and oxygen atoms in total. The van der Waals surface area contributed by atoms with E-state index in [1.807, 2.05) is 78.9 Å². The second-order valence-electron chi connectivity index (χ2n) is 12.8. The maximum atomic E-state index is 7.66. The van der Waals surface area contributed by atoms with Crippen LogP contribution in [0.2, 0.25) is 0 Å². The largest absolute Gasteiger partial charge is 0.310 e. The number of para-hydroxylation sites is 2. The molecular weight excluding hydrogens is 637 g/mol. The zero-order valence-electron chi connectivity index (χ0n) is 27.8. The third kappa shape index (κ3) is 4.68. The number of hydrogen-bond acceptors (Lipinski definition) is 3. The van der Waals surface area contributed by atoms with Crippen molar-refractivity contribution in [3.05, 3.63) is 181 Å². The Labute approximate surface area is 299 Å². The Kier molecular flexibility index (Phi) is 6.76. The lowest BCUT2D eigenvalue weighted by molar-refractivity contribution is 1.07. The summed E-state index contributed by atoms with van der Waals surface area (Å²) in [4.78, 5) is 18.5. The Morgan fingerprint density at radius 3 is 1.60 bits per heavy atom. The van der Waals surface area contributed by atoms with Gasteiger partial charge in [0.15, 0.2) is 23.2 Å². The van der Waals surface area contributed by atoms with E-state index in [1.165, 1.54) is 16.2 Å². The summed E-state index contributed by atoms with van der Waals surface area (Å²) in [5.74, 6) is 1.89. The van der Waals surface area contributed by atoms with Crippen molar-refractivity contribution in [3.63, 3.8) is 0 Å². The maximum Gasteiger partial charge on any atom is 0.189 e. The molecule has 3 heterocycles. The van der Waals surface area contributed by atoms with E-state index in [4.69, 9.17) is 21.5 Å². The van der Waals surface area contributed by atoms with Crippen LogP contribution in [0.25, 0.3) is 94.0 Å². The van der Waals surface area contributed by atoms with Crippen LogP contribution < -0.4 is 0 Å². The van der Waals surface area contributed by atoms with E-state index in [9.17, 15) is 0 Å². The highest BCUT2D eigenvalue weighted by Crippen LogP contribution is 2.42. The summed E-state index contributed by atoms with van der Waals surface area (Å²) in [6.07, 6.45) is 0. The predicted octanol–water partition coefficient (Wildman–Crippen LogP) is 11.6. The highest BCUT2D eigenvalue weighted by atomic mass is 15.0. The number of benzene rings is 7. The minimum Gasteiger partial charge on any atom is -0.310 e. The second-order valence-corrected chi connectivity index (χ2v) is 12.8. The van der Waals surface area contributed by atoms with Gasteiger partial charge >= 0.3 is 0 Å². The smallest absolute Gasteiger partial charge is 0.189 e. The van der Waals surface area contributed by atoms with Crippen LogP contribution in [0, 0.1) is 6.57 Å². The summed E-state index contributed by atoms with van der Waals surface area (Å²) < 4.78 is 4.65. The fraction of sp³-hybridized carbons (Fsp3) is 0. The molecular formula is C46H28N6. The molecule has 10 rings (SSSR count). The molecule has 0 saturated heterocycles. The second kappa shape index (κ2) is 11.9. The summed E-state index contributed by atoms with van der Waals surface area (Å²) in [5, 5.41) is 4.69. The van der Waals surface area contributed by atoms with Crippen LogP contribution in [0.15, 0.2) is 170 Å². The van der Waals surface area contributed by atoms with Gasteiger partial charge in [0.25, 0.3) is 0 Å². The molecule has 3 aromatic heterocycles. The van der Waals surface area contributed by atoms with E-state index in [2.05, 4.69) is 105 Å². The summed E-state index contributed by atoms with van der Waals surface area (Å²) in [6.45, 7) is 7.66. The highest BCUT2D eigenvalue weighted by molar-refractivity contribution is 6.26. The molecule has 6 heteroatoms. The lowest BCUT2D eigenvalue weighted by Gasteiger charge is -2.12. The molecule has 0 unspecified atom stereocenters.